The molecule has 0 spiro atoms. The third kappa shape index (κ3) is 7.47. The molecule has 0 aliphatic heterocycles. The van der Waals surface area contributed by atoms with Crippen LogP contribution in [-0.4, -0.2) is 77.8 Å². The van der Waals surface area contributed by atoms with Gasteiger partial charge >= 0.3 is 0 Å². The number of unbranched alkanes of at least 4 members (excludes halogenated alkanes) is 1. The molecule has 3 rings (SSSR count). The minimum Gasteiger partial charge on any atom is -0.493 e. The molecule has 38 heavy (non-hydrogen) atoms. The lowest BCUT2D eigenvalue weighted by Crippen LogP contribution is -2.58. The summed E-state index contributed by atoms with van der Waals surface area (Å²) in [5, 5.41) is 23.6. The van der Waals surface area contributed by atoms with E-state index in [4.69, 9.17) is 9.47 Å². The first-order valence-electron chi connectivity index (χ1n) is 13.4. The molecule has 3 unspecified atom stereocenters. The van der Waals surface area contributed by atoms with E-state index in [2.05, 4.69) is 5.32 Å². The number of benzene rings is 1. The molecule has 0 bridgehead atoms. The Kier molecular flexibility index (Phi) is 11.9. The lowest BCUT2D eigenvalue weighted by atomic mass is 9.85. The minimum absolute atomic E-state index is 0.00481. The van der Waals surface area contributed by atoms with Crippen molar-refractivity contribution in [2.45, 2.75) is 89.0 Å². The first-order chi connectivity index (χ1) is 18.3. The largest absolute Gasteiger partial charge is 0.493 e. The number of aliphatic hydroxyl groups excluding tert-OH is 2. The molecule has 3 atom stereocenters. The fourth-order valence-corrected chi connectivity index (χ4v) is 6.03. The first kappa shape index (κ1) is 30.4. The number of amides is 2. The number of aliphatic hydroxyl groups is 2. The van der Waals surface area contributed by atoms with Crippen molar-refractivity contribution in [3.8, 4) is 11.5 Å². The van der Waals surface area contributed by atoms with Crippen molar-refractivity contribution in [1.82, 2.24) is 10.2 Å². The third-order valence-corrected chi connectivity index (χ3v) is 8.01. The van der Waals surface area contributed by atoms with Crippen molar-refractivity contribution in [2.24, 2.45) is 0 Å². The highest BCUT2D eigenvalue weighted by atomic mass is 127. The number of rotatable bonds is 12. The minimum atomic E-state index is -1.09. The Morgan fingerprint density at radius 3 is 2.61 bits per heavy atom. The van der Waals surface area contributed by atoms with E-state index >= 15 is 0 Å². The molecule has 0 aromatic heterocycles. The highest BCUT2D eigenvalue weighted by molar-refractivity contribution is 14.1. The quantitative estimate of drug-likeness (QED) is 0.236. The number of methoxy groups -OCH3 is 1. The van der Waals surface area contributed by atoms with E-state index in [1.807, 2.05) is 34.4 Å². The zero-order valence-electron chi connectivity index (χ0n) is 22.2. The average molecular weight is 643 g/mol. The van der Waals surface area contributed by atoms with Crippen molar-refractivity contribution in [3.63, 3.8) is 0 Å². The maximum absolute atomic E-state index is 13.6. The first-order valence-corrected chi connectivity index (χ1v) is 14.5. The van der Waals surface area contributed by atoms with Crippen LogP contribution in [0.3, 0.4) is 0 Å². The Bertz CT molecular complexity index is 1010. The van der Waals surface area contributed by atoms with Crippen LogP contribution in [-0.2, 0) is 9.59 Å². The Labute approximate surface area is 238 Å². The second-order valence-corrected chi connectivity index (χ2v) is 11.0. The second kappa shape index (κ2) is 14.8. The zero-order valence-corrected chi connectivity index (χ0v) is 24.3. The number of aldehydes is 1. The van der Waals surface area contributed by atoms with Crippen LogP contribution in [0.15, 0.2) is 23.8 Å². The van der Waals surface area contributed by atoms with Crippen LogP contribution in [0.1, 0.15) is 75.1 Å². The Balaban J connectivity index is 2.01. The van der Waals surface area contributed by atoms with Gasteiger partial charge in [-0.1, -0.05) is 32.6 Å². The van der Waals surface area contributed by atoms with Crippen LogP contribution in [0.5, 0.6) is 11.5 Å². The van der Waals surface area contributed by atoms with Crippen molar-refractivity contribution in [2.75, 3.05) is 20.3 Å². The van der Waals surface area contributed by atoms with E-state index in [1.54, 1.807) is 18.2 Å². The van der Waals surface area contributed by atoms with Crippen LogP contribution < -0.4 is 14.8 Å². The van der Waals surface area contributed by atoms with Gasteiger partial charge < -0.3 is 29.9 Å². The predicted octanol–water partition coefficient (Wildman–Crippen LogP) is 3.38. The van der Waals surface area contributed by atoms with Crippen LogP contribution in [0.25, 0.3) is 0 Å². The molecule has 3 N–H and O–H groups in total. The molecule has 0 saturated heterocycles. The van der Waals surface area contributed by atoms with Gasteiger partial charge in [0.2, 0.25) is 11.8 Å². The molecule has 2 aliphatic carbocycles. The Hall–Kier alpha value is -2.18. The van der Waals surface area contributed by atoms with E-state index in [0.717, 1.165) is 44.9 Å². The summed E-state index contributed by atoms with van der Waals surface area (Å²) in [6, 6.07) is 2.55. The number of nitrogens with zero attached hydrogens (tertiary/aromatic N) is 1. The monoisotopic (exact) mass is 642 g/mol. The van der Waals surface area contributed by atoms with Gasteiger partial charge in [0, 0.05) is 36.6 Å². The number of nitrogens with one attached hydrogen (secondary N) is 1. The van der Waals surface area contributed by atoms with Gasteiger partial charge in [0.15, 0.2) is 11.5 Å². The zero-order chi connectivity index (χ0) is 27.7. The SMILES string of the molecule is CCCCC(=O)N(C1CCCCC1)C1CC(C(=O)NCCO)=CC(Oc2c(I)cc(C=O)cc2OC)C1O. The molecular formula is C28H39IN2O7. The highest BCUT2D eigenvalue weighted by Crippen LogP contribution is 2.38. The molecule has 0 radical (unpaired) electrons. The van der Waals surface area contributed by atoms with Gasteiger partial charge in [-0.3, -0.25) is 14.4 Å². The van der Waals surface area contributed by atoms with Crippen molar-refractivity contribution < 1.29 is 34.1 Å². The summed E-state index contributed by atoms with van der Waals surface area (Å²) in [6.07, 6.45) is 7.35. The number of hydrogen-bond donors (Lipinski definition) is 3. The Morgan fingerprint density at radius 2 is 1.97 bits per heavy atom. The highest BCUT2D eigenvalue weighted by Gasteiger charge is 2.43. The molecule has 9 nitrogen and oxygen atoms in total. The van der Waals surface area contributed by atoms with Crippen molar-refractivity contribution in [1.29, 1.82) is 0 Å². The van der Waals surface area contributed by atoms with Crippen molar-refractivity contribution >= 4 is 40.7 Å². The smallest absolute Gasteiger partial charge is 0.247 e. The van der Waals surface area contributed by atoms with Gasteiger partial charge in [0.05, 0.1) is 23.3 Å². The second-order valence-electron chi connectivity index (χ2n) is 9.86. The molecule has 2 aliphatic rings. The van der Waals surface area contributed by atoms with Gasteiger partial charge in [0.1, 0.15) is 18.5 Å². The van der Waals surface area contributed by atoms with Crippen LogP contribution in [0.2, 0.25) is 0 Å². The van der Waals surface area contributed by atoms with Crippen LogP contribution in [0.4, 0.5) is 0 Å². The normalized spacial score (nSPS) is 21.8. The lowest BCUT2D eigenvalue weighted by Gasteiger charge is -2.45. The molecule has 1 saturated carbocycles. The predicted molar refractivity (Wildman–Crippen MR) is 151 cm³/mol. The molecule has 1 aromatic carbocycles. The van der Waals surface area contributed by atoms with E-state index in [-0.39, 0.29) is 37.4 Å². The fourth-order valence-electron chi connectivity index (χ4n) is 5.28. The van der Waals surface area contributed by atoms with E-state index < -0.39 is 18.2 Å². The maximum atomic E-state index is 13.6. The number of carbonyl (C=O) groups excluding carboxylic acids is 3. The maximum Gasteiger partial charge on any atom is 0.247 e. The summed E-state index contributed by atoms with van der Waals surface area (Å²) in [4.78, 5) is 39.8. The van der Waals surface area contributed by atoms with Crippen LogP contribution in [0, 0.1) is 3.57 Å². The molecular weight excluding hydrogens is 603 g/mol. The summed E-state index contributed by atoms with van der Waals surface area (Å²) in [7, 11) is 1.47. The lowest BCUT2D eigenvalue weighted by molar-refractivity contribution is -0.143. The fraction of sp³-hybridized carbons (Fsp3) is 0.607. The van der Waals surface area contributed by atoms with E-state index in [1.165, 1.54) is 7.11 Å². The molecule has 1 fully saturated rings. The number of hydrogen-bond acceptors (Lipinski definition) is 7. The van der Waals surface area contributed by atoms with E-state index in [0.29, 0.717) is 38.9 Å². The number of ether oxygens (including phenoxy) is 2. The summed E-state index contributed by atoms with van der Waals surface area (Å²) >= 11 is 2.04. The summed E-state index contributed by atoms with van der Waals surface area (Å²) < 4.78 is 12.4. The molecule has 0 heterocycles. The van der Waals surface area contributed by atoms with Gasteiger partial charge in [0.25, 0.3) is 0 Å². The number of halogens is 1. The van der Waals surface area contributed by atoms with Gasteiger partial charge in [-0.15, -0.1) is 0 Å². The molecule has 10 heteroatoms. The van der Waals surface area contributed by atoms with Gasteiger partial charge in [-0.05, 0) is 60.1 Å². The summed E-state index contributed by atoms with van der Waals surface area (Å²) in [5.74, 6) is 0.292. The van der Waals surface area contributed by atoms with Gasteiger partial charge in [-0.2, -0.15) is 0 Å². The number of carbonyl (C=O) groups is 3. The average Bonchev–Trinajstić information content (AvgIpc) is 2.93. The standard InChI is InChI=1S/C28H39IN2O7/c1-3-4-10-25(34)31(20-8-6-5-7-9-20)22-15-19(28(36)30-11-12-32)16-23(26(22)35)38-27-21(29)13-18(17-33)14-24(27)37-2/h13-14,16-17,20,22-23,26,32,35H,3-12,15H2,1-2H3,(H,30,36). The third-order valence-electron chi connectivity index (χ3n) is 7.21. The molecule has 210 valence electrons. The topological polar surface area (TPSA) is 125 Å². The van der Waals surface area contributed by atoms with E-state index in [9.17, 15) is 24.6 Å². The Morgan fingerprint density at radius 1 is 1.24 bits per heavy atom. The molecule has 2 amide bonds. The summed E-state index contributed by atoms with van der Waals surface area (Å²) in [6.45, 7) is 1.93. The van der Waals surface area contributed by atoms with Crippen molar-refractivity contribution in [3.05, 3.63) is 32.9 Å². The van der Waals surface area contributed by atoms with Crippen LogP contribution >= 0.6 is 22.6 Å². The molecule has 1 aromatic rings. The van der Waals surface area contributed by atoms with Gasteiger partial charge in [-0.25, -0.2) is 0 Å². The summed E-state index contributed by atoms with van der Waals surface area (Å²) in [5.41, 5.74) is 0.812.